The third kappa shape index (κ3) is 4.31. The molecule has 5 heteroatoms. The fourth-order valence-corrected chi connectivity index (χ4v) is 2.33. The summed E-state index contributed by atoms with van der Waals surface area (Å²) in [5.74, 6) is -0.132. The molecule has 0 aliphatic carbocycles. The van der Waals surface area contributed by atoms with Crippen molar-refractivity contribution in [1.29, 1.82) is 0 Å². The molecular weight excluding hydrogens is 332 g/mol. The van der Waals surface area contributed by atoms with Gasteiger partial charge < -0.3 is 15.8 Å². The van der Waals surface area contributed by atoms with Crippen molar-refractivity contribution < 1.29 is 9.53 Å². The summed E-state index contributed by atoms with van der Waals surface area (Å²) in [5.41, 5.74) is 9.01. The molecule has 0 spiro atoms. The Morgan fingerprint density at radius 3 is 2.71 bits per heavy atom. The van der Waals surface area contributed by atoms with E-state index in [1.54, 1.807) is 25.3 Å². The van der Waals surface area contributed by atoms with Crippen LogP contribution in [0.4, 0.5) is 5.69 Å². The van der Waals surface area contributed by atoms with Gasteiger partial charge in [-0.1, -0.05) is 24.3 Å². The number of methoxy groups -OCH3 is 1. The number of anilines is 1. The lowest BCUT2D eigenvalue weighted by molar-refractivity contribution is 0.0951. The second kappa shape index (κ2) is 7.24. The van der Waals surface area contributed by atoms with Crippen molar-refractivity contribution in [2.24, 2.45) is 0 Å². The molecule has 21 heavy (non-hydrogen) atoms. The number of hydrogen-bond acceptors (Lipinski definition) is 3. The summed E-state index contributed by atoms with van der Waals surface area (Å²) >= 11 is 3.32. The largest absolute Gasteiger partial charge is 0.398 e. The van der Waals surface area contributed by atoms with E-state index in [4.69, 9.17) is 10.5 Å². The van der Waals surface area contributed by atoms with E-state index in [1.807, 2.05) is 24.3 Å². The molecule has 3 N–H and O–H groups in total. The number of nitrogens with two attached hydrogens (primary N) is 1. The van der Waals surface area contributed by atoms with Gasteiger partial charge >= 0.3 is 0 Å². The Morgan fingerprint density at radius 2 is 2.00 bits per heavy atom. The van der Waals surface area contributed by atoms with Crippen molar-refractivity contribution >= 4 is 27.5 Å². The molecule has 2 aromatic rings. The molecule has 0 saturated carbocycles. The number of nitrogen functional groups attached to an aromatic ring is 1. The SMILES string of the molecule is COCc1cccc(CNC(=O)c2ccc(N)c(Br)c2)c1. The summed E-state index contributed by atoms with van der Waals surface area (Å²) in [5, 5.41) is 2.89. The van der Waals surface area contributed by atoms with Gasteiger partial charge in [0.05, 0.1) is 6.61 Å². The number of nitrogens with one attached hydrogen (secondary N) is 1. The van der Waals surface area contributed by atoms with Crippen molar-refractivity contribution in [1.82, 2.24) is 5.32 Å². The number of benzene rings is 2. The molecule has 0 atom stereocenters. The van der Waals surface area contributed by atoms with Crippen LogP contribution in [0.2, 0.25) is 0 Å². The van der Waals surface area contributed by atoms with Gasteiger partial charge in [-0.25, -0.2) is 0 Å². The van der Waals surface area contributed by atoms with E-state index in [0.29, 0.717) is 24.4 Å². The monoisotopic (exact) mass is 348 g/mol. The lowest BCUT2D eigenvalue weighted by Gasteiger charge is -2.08. The zero-order valence-electron chi connectivity index (χ0n) is 11.7. The highest BCUT2D eigenvalue weighted by atomic mass is 79.9. The van der Waals surface area contributed by atoms with Crippen LogP contribution in [0.15, 0.2) is 46.9 Å². The molecule has 2 rings (SSSR count). The molecule has 0 bridgehead atoms. The minimum atomic E-state index is -0.132. The first-order valence-corrected chi connectivity index (χ1v) is 7.29. The smallest absolute Gasteiger partial charge is 0.251 e. The Bertz CT molecular complexity index is 644. The molecule has 0 unspecified atom stereocenters. The zero-order valence-corrected chi connectivity index (χ0v) is 13.3. The Labute approximate surface area is 132 Å². The highest BCUT2D eigenvalue weighted by molar-refractivity contribution is 9.10. The first kappa shape index (κ1) is 15.5. The lowest BCUT2D eigenvalue weighted by Crippen LogP contribution is -2.22. The van der Waals surface area contributed by atoms with Crippen molar-refractivity contribution in [3.8, 4) is 0 Å². The second-order valence-corrected chi connectivity index (χ2v) is 5.53. The van der Waals surface area contributed by atoms with E-state index in [9.17, 15) is 4.79 Å². The van der Waals surface area contributed by atoms with Crippen LogP contribution in [0, 0.1) is 0 Å². The fourth-order valence-electron chi connectivity index (χ4n) is 1.95. The second-order valence-electron chi connectivity index (χ2n) is 4.67. The highest BCUT2D eigenvalue weighted by Crippen LogP contribution is 2.20. The van der Waals surface area contributed by atoms with Crippen LogP contribution in [0.3, 0.4) is 0 Å². The number of carbonyl (C=O) groups excluding carboxylic acids is 1. The van der Waals surface area contributed by atoms with Gasteiger partial charge in [-0.15, -0.1) is 0 Å². The number of ether oxygens (including phenoxy) is 1. The topological polar surface area (TPSA) is 64.3 Å². The van der Waals surface area contributed by atoms with Gasteiger partial charge in [-0.05, 0) is 45.3 Å². The van der Waals surface area contributed by atoms with E-state index in [-0.39, 0.29) is 5.91 Å². The van der Waals surface area contributed by atoms with Gasteiger partial charge in [0.1, 0.15) is 0 Å². The quantitative estimate of drug-likeness (QED) is 0.816. The van der Waals surface area contributed by atoms with Crippen LogP contribution in [0.1, 0.15) is 21.5 Å². The van der Waals surface area contributed by atoms with Crippen molar-refractivity contribution in [2.45, 2.75) is 13.2 Å². The molecule has 2 aromatic carbocycles. The third-order valence-electron chi connectivity index (χ3n) is 3.02. The average molecular weight is 349 g/mol. The number of rotatable bonds is 5. The van der Waals surface area contributed by atoms with Gasteiger partial charge in [-0.2, -0.15) is 0 Å². The lowest BCUT2D eigenvalue weighted by atomic mass is 10.1. The number of amides is 1. The standard InChI is InChI=1S/C16H17BrN2O2/c1-21-10-12-4-2-3-11(7-12)9-19-16(20)13-5-6-15(18)14(17)8-13/h2-8H,9-10,18H2,1H3,(H,19,20). The molecule has 0 radical (unpaired) electrons. The van der Waals surface area contributed by atoms with Crippen molar-refractivity contribution in [2.75, 3.05) is 12.8 Å². The molecule has 4 nitrogen and oxygen atoms in total. The first-order chi connectivity index (χ1) is 10.1. The van der Waals surface area contributed by atoms with E-state index in [0.717, 1.165) is 15.6 Å². The molecule has 0 saturated heterocycles. The van der Waals surface area contributed by atoms with Gasteiger partial charge in [0.25, 0.3) is 5.91 Å². The maximum atomic E-state index is 12.1. The van der Waals surface area contributed by atoms with Gasteiger partial charge in [0, 0.05) is 29.4 Å². The van der Waals surface area contributed by atoms with Crippen molar-refractivity contribution in [3.05, 3.63) is 63.6 Å². The van der Waals surface area contributed by atoms with Gasteiger partial charge in [0.2, 0.25) is 0 Å². The fraction of sp³-hybridized carbons (Fsp3) is 0.188. The molecule has 0 aliphatic rings. The van der Waals surface area contributed by atoms with Crippen LogP contribution in [0.25, 0.3) is 0 Å². The summed E-state index contributed by atoms with van der Waals surface area (Å²) in [6.07, 6.45) is 0. The van der Waals surface area contributed by atoms with Crippen LogP contribution >= 0.6 is 15.9 Å². The molecule has 0 fully saturated rings. The van der Waals surface area contributed by atoms with Crippen LogP contribution < -0.4 is 11.1 Å². The highest BCUT2D eigenvalue weighted by Gasteiger charge is 2.07. The summed E-state index contributed by atoms with van der Waals surface area (Å²) < 4.78 is 5.82. The predicted octanol–water partition coefficient (Wildman–Crippen LogP) is 3.11. The summed E-state index contributed by atoms with van der Waals surface area (Å²) in [6.45, 7) is 1.03. The Hall–Kier alpha value is -1.85. The first-order valence-electron chi connectivity index (χ1n) is 6.50. The third-order valence-corrected chi connectivity index (χ3v) is 3.70. The van der Waals surface area contributed by atoms with E-state index in [1.165, 1.54) is 0 Å². The maximum Gasteiger partial charge on any atom is 0.251 e. The zero-order chi connectivity index (χ0) is 15.2. The molecule has 0 heterocycles. The summed E-state index contributed by atoms with van der Waals surface area (Å²) in [7, 11) is 1.66. The Kier molecular flexibility index (Phi) is 5.36. The Balaban J connectivity index is 2.00. The predicted molar refractivity (Wildman–Crippen MR) is 86.9 cm³/mol. The molecule has 0 aliphatic heterocycles. The number of halogens is 1. The van der Waals surface area contributed by atoms with E-state index < -0.39 is 0 Å². The van der Waals surface area contributed by atoms with Crippen LogP contribution in [0.5, 0.6) is 0 Å². The van der Waals surface area contributed by atoms with E-state index in [2.05, 4.69) is 21.2 Å². The number of carbonyl (C=O) groups is 1. The summed E-state index contributed by atoms with van der Waals surface area (Å²) in [4.78, 5) is 12.1. The molecule has 0 aromatic heterocycles. The normalized spacial score (nSPS) is 10.4. The average Bonchev–Trinajstić information content (AvgIpc) is 2.48. The minimum absolute atomic E-state index is 0.132. The van der Waals surface area contributed by atoms with Crippen LogP contribution in [-0.4, -0.2) is 13.0 Å². The Morgan fingerprint density at radius 1 is 1.24 bits per heavy atom. The van der Waals surface area contributed by atoms with E-state index >= 15 is 0 Å². The molecular formula is C16H17BrN2O2. The van der Waals surface area contributed by atoms with Crippen molar-refractivity contribution in [3.63, 3.8) is 0 Å². The molecule has 110 valence electrons. The maximum absolute atomic E-state index is 12.1. The minimum Gasteiger partial charge on any atom is -0.398 e. The summed E-state index contributed by atoms with van der Waals surface area (Å²) in [6, 6.07) is 13.1. The van der Waals surface area contributed by atoms with Crippen LogP contribution in [-0.2, 0) is 17.9 Å². The van der Waals surface area contributed by atoms with Gasteiger partial charge in [0.15, 0.2) is 0 Å². The molecule has 1 amide bonds. The number of hydrogen-bond donors (Lipinski definition) is 2. The van der Waals surface area contributed by atoms with Gasteiger partial charge in [-0.3, -0.25) is 4.79 Å².